The average Bonchev–Trinajstić information content (AvgIpc) is 2.91. The fourth-order valence-corrected chi connectivity index (χ4v) is 2.37. The van der Waals surface area contributed by atoms with Crippen molar-refractivity contribution in [3.05, 3.63) is 17.7 Å². The molecule has 6 nitrogen and oxygen atoms in total. The molecule has 102 valence electrons. The van der Waals surface area contributed by atoms with Crippen molar-refractivity contribution in [1.82, 2.24) is 30.2 Å². The van der Waals surface area contributed by atoms with Crippen LogP contribution < -0.4 is 0 Å². The third-order valence-corrected chi connectivity index (χ3v) is 3.57. The zero-order chi connectivity index (χ0) is 13.5. The highest BCUT2D eigenvalue weighted by Crippen LogP contribution is 2.36. The molecule has 2 heterocycles. The van der Waals surface area contributed by atoms with Crippen LogP contribution >= 0.6 is 11.8 Å². The van der Waals surface area contributed by atoms with Gasteiger partial charge in [0.1, 0.15) is 11.5 Å². The predicted octanol–water partition coefficient (Wildman–Crippen LogP) is 2.04. The molecule has 1 saturated carbocycles. The van der Waals surface area contributed by atoms with Crippen LogP contribution in [0.3, 0.4) is 0 Å². The van der Waals surface area contributed by atoms with E-state index in [9.17, 15) is 13.2 Å². The topological polar surface area (TPSA) is 72.3 Å². The maximum absolute atomic E-state index is 12.4. The highest BCUT2D eigenvalue weighted by Gasteiger charge is 2.33. The first kappa shape index (κ1) is 12.5. The van der Waals surface area contributed by atoms with Gasteiger partial charge >= 0.3 is 6.18 Å². The molecule has 0 bridgehead atoms. The second-order valence-electron chi connectivity index (χ2n) is 4.17. The van der Waals surface area contributed by atoms with Crippen LogP contribution in [0.4, 0.5) is 13.2 Å². The fourth-order valence-electron chi connectivity index (χ4n) is 1.54. The van der Waals surface area contributed by atoms with Gasteiger partial charge in [-0.15, -0.1) is 5.10 Å². The zero-order valence-corrected chi connectivity index (χ0v) is 10.4. The van der Waals surface area contributed by atoms with Gasteiger partial charge in [-0.3, -0.25) is 0 Å². The van der Waals surface area contributed by atoms with E-state index < -0.39 is 11.9 Å². The minimum absolute atomic E-state index is 0.252. The van der Waals surface area contributed by atoms with Crippen LogP contribution in [0.5, 0.6) is 0 Å². The number of thioether (sulfide) groups is 1. The summed E-state index contributed by atoms with van der Waals surface area (Å²) in [6.45, 7) is 0. The van der Waals surface area contributed by atoms with E-state index in [1.165, 1.54) is 11.8 Å². The summed E-state index contributed by atoms with van der Waals surface area (Å²) in [5.74, 6) is 0.520. The molecular weight excluding hydrogens is 281 g/mol. The molecule has 1 aliphatic rings. The number of aromatic nitrogens is 6. The normalized spacial score (nSPS) is 15.9. The van der Waals surface area contributed by atoms with Gasteiger partial charge in [-0.05, 0) is 23.3 Å². The molecule has 2 aromatic rings. The van der Waals surface area contributed by atoms with Crippen LogP contribution in [0.2, 0.25) is 0 Å². The van der Waals surface area contributed by atoms with Gasteiger partial charge in [-0.1, -0.05) is 11.8 Å². The van der Waals surface area contributed by atoms with Crippen LogP contribution in [0, 0.1) is 0 Å². The summed E-state index contributed by atoms with van der Waals surface area (Å²) in [7, 11) is 0. The fraction of sp³-hybridized carbons (Fsp3) is 0.556. The smallest absolute Gasteiger partial charge is 0.338 e. The SMILES string of the molecule is FC(F)(F)c1cnc(CSc2nnnn2C2CC2)[nH]1. The summed E-state index contributed by atoms with van der Waals surface area (Å²) in [5.41, 5.74) is -0.843. The van der Waals surface area contributed by atoms with Crippen molar-refractivity contribution in [1.29, 1.82) is 0 Å². The number of tetrazole rings is 1. The van der Waals surface area contributed by atoms with Crippen molar-refractivity contribution >= 4 is 11.8 Å². The number of rotatable bonds is 4. The number of hydrogen-bond acceptors (Lipinski definition) is 5. The predicted molar refractivity (Wildman–Crippen MR) is 59.2 cm³/mol. The second kappa shape index (κ2) is 4.51. The van der Waals surface area contributed by atoms with Gasteiger partial charge in [0, 0.05) is 0 Å². The maximum Gasteiger partial charge on any atom is 0.432 e. The molecule has 2 aromatic heterocycles. The molecule has 0 spiro atoms. The van der Waals surface area contributed by atoms with E-state index in [4.69, 9.17) is 0 Å². The number of halogens is 3. The lowest BCUT2D eigenvalue weighted by Crippen LogP contribution is -2.05. The summed E-state index contributed by atoms with van der Waals surface area (Å²) < 4.78 is 38.8. The van der Waals surface area contributed by atoms with Gasteiger partial charge < -0.3 is 4.98 Å². The Balaban J connectivity index is 1.65. The third-order valence-electron chi connectivity index (χ3n) is 2.63. The minimum Gasteiger partial charge on any atom is -0.338 e. The highest BCUT2D eigenvalue weighted by molar-refractivity contribution is 7.98. The van der Waals surface area contributed by atoms with Crippen LogP contribution in [-0.4, -0.2) is 30.2 Å². The van der Waals surface area contributed by atoms with Gasteiger partial charge in [-0.2, -0.15) is 13.2 Å². The standard InChI is InChI=1S/C9H9F3N6S/c10-9(11,12)6-3-13-7(14-6)4-19-8-15-16-17-18(8)5-1-2-5/h3,5H,1-2,4H2,(H,13,14). The first-order valence-corrected chi connectivity index (χ1v) is 6.54. The number of nitrogens with one attached hydrogen (secondary N) is 1. The van der Waals surface area contributed by atoms with Crippen molar-refractivity contribution < 1.29 is 13.2 Å². The number of hydrogen-bond donors (Lipinski definition) is 1. The summed E-state index contributed by atoms with van der Waals surface area (Å²) >= 11 is 1.26. The Morgan fingerprint density at radius 2 is 2.21 bits per heavy atom. The average molecular weight is 290 g/mol. The van der Waals surface area contributed by atoms with E-state index in [-0.39, 0.29) is 11.6 Å². The van der Waals surface area contributed by atoms with Gasteiger partial charge in [-0.25, -0.2) is 9.67 Å². The third kappa shape index (κ3) is 2.72. The highest BCUT2D eigenvalue weighted by atomic mass is 32.2. The zero-order valence-electron chi connectivity index (χ0n) is 9.55. The number of aromatic amines is 1. The van der Waals surface area contributed by atoms with Crippen LogP contribution in [-0.2, 0) is 11.9 Å². The van der Waals surface area contributed by atoms with E-state index in [0.717, 1.165) is 19.0 Å². The first-order valence-electron chi connectivity index (χ1n) is 5.56. The minimum atomic E-state index is -4.40. The summed E-state index contributed by atoms with van der Waals surface area (Å²) in [6, 6.07) is 0.333. The molecule has 0 aliphatic heterocycles. The number of nitrogens with zero attached hydrogens (tertiary/aromatic N) is 5. The summed E-state index contributed by atoms with van der Waals surface area (Å²) in [6.07, 6.45) is -1.53. The maximum atomic E-state index is 12.4. The van der Waals surface area contributed by atoms with Crippen LogP contribution in [0.25, 0.3) is 0 Å². The Kier molecular flexibility index (Phi) is 2.96. The largest absolute Gasteiger partial charge is 0.432 e. The molecule has 0 amide bonds. The molecule has 1 aliphatic carbocycles. The van der Waals surface area contributed by atoms with E-state index in [1.54, 1.807) is 4.68 Å². The van der Waals surface area contributed by atoms with Gasteiger partial charge in [0.25, 0.3) is 0 Å². The molecule has 0 saturated heterocycles. The second-order valence-corrected chi connectivity index (χ2v) is 5.11. The Morgan fingerprint density at radius 1 is 1.42 bits per heavy atom. The Morgan fingerprint density at radius 3 is 2.84 bits per heavy atom. The number of alkyl halides is 3. The van der Waals surface area contributed by atoms with E-state index >= 15 is 0 Å². The van der Waals surface area contributed by atoms with Crippen molar-refractivity contribution in [3.63, 3.8) is 0 Å². The van der Waals surface area contributed by atoms with Crippen molar-refractivity contribution in [2.45, 2.75) is 36.0 Å². The lowest BCUT2D eigenvalue weighted by molar-refractivity contribution is -0.140. The lowest BCUT2D eigenvalue weighted by Gasteiger charge is -2.02. The van der Waals surface area contributed by atoms with E-state index in [0.29, 0.717) is 11.2 Å². The lowest BCUT2D eigenvalue weighted by atomic mass is 10.5. The van der Waals surface area contributed by atoms with Crippen molar-refractivity contribution in [2.24, 2.45) is 0 Å². The Labute approximate surface area is 109 Å². The Hall–Kier alpha value is -1.58. The van der Waals surface area contributed by atoms with E-state index in [1.807, 2.05) is 0 Å². The van der Waals surface area contributed by atoms with Gasteiger partial charge in [0.15, 0.2) is 0 Å². The van der Waals surface area contributed by atoms with Crippen LogP contribution in [0.15, 0.2) is 11.4 Å². The van der Waals surface area contributed by atoms with Crippen molar-refractivity contribution in [3.8, 4) is 0 Å². The summed E-state index contributed by atoms with van der Waals surface area (Å²) in [5, 5.41) is 11.9. The molecule has 1 N–H and O–H groups in total. The molecule has 3 rings (SSSR count). The number of H-pyrrole nitrogens is 1. The molecular formula is C9H9F3N6S. The van der Waals surface area contributed by atoms with Gasteiger partial charge in [0.05, 0.1) is 18.0 Å². The monoisotopic (exact) mass is 290 g/mol. The first-order chi connectivity index (χ1) is 9.04. The van der Waals surface area contributed by atoms with Gasteiger partial charge in [0.2, 0.25) is 5.16 Å². The molecule has 0 atom stereocenters. The molecule has 10 heteroatoms. The Bertz CT molecular complexity index is 573. The molecule has 19 heavy (non-hydrogen) atoms. The molecule has 0 unspecified atom stereocenters. The quantitative estimate of drug-likeness (QED) is 0.872. The van der Waals surface area contributed by atoms with Crippen LogP contribution in [0.1, 0.15) is 30.4 Å². The molecule has 1 fully saturated rings. The van der Waals surface area contributed by atoms with Crippen molar-refractivity contribution in [2.75, 3.05) is 0 Å². The summed E-state index contributed by atoms with van der Waals surface area (Å²) in [4.78, 5) is 5.94. The molecule has 0 radical (unpaired) electrons. The van der Waals surface area contributed by atoms with E-state index in [2.05, 4.69) is 25.5 Å². The molecule has 0 aromatic carbocycles. The number of imidazole rings is 1.